The van der Waals surface area contributed by atoms with E-state index < -0.39 is 0 Å². The highest BCUT2D eigenvalue weighted by Gasteiger charge is 2.24. The molecule has 3 rings (SSSR count). The van der Waals surface area contributed by atoms with Crippen LogP contribution in [0.25, 0.3) is 0 Å². The van der Waals surface area contributed by atoms with E-state index in [1.807, 2.05) is 12.4 Å². The second kappa shape index (κ2) is 9.21. The number of piperidine rings is 1. The molecule has 1 fully saturated rings. The van der Waals surface area contributed by atoms with Gasteiger partial charge < -0.3 is 9.64 Å². The molecule has 0 saturated carbocycles. The van der Waals surface area contributed by atoms with Gasteiger partial charge in [0.05, 0.1) is 0 Å². The topological polar surface area (TPSA) is 41.5 Å². The Hall–Kier alpha value is -1.82. The van der Waals surface area contributed by atoms with Crippen molar-refractivity contribution in [1.82, 2.24) is 19.8 Å². The van der Waals surface area contributed by atoms with Crippen LogP contribution < -0.4 is 0 Å². The second-order valence-corrected chi connectivity index (χ2v) is 7.40. The van der Waals surface area contributed by atoms with Gasteiger partial charge >= 0.3 is 0 Å². The fourth-order valence-electron chi connectivity index (χ4n) is 3.67. The number of aromatic nitrogens is 2. The number of likely N-dealkylation sites (tertiary alicyclic amines) is 1. The molecule has 5 nitrogen and oxygen atoms in total. The molecule has 1 aliphatic rings. The first-order chi connectivity index (χ1) is 12.7. The molecular weight excluding hydrogens is 324 g/mol. The molecule has 26 heavy (non-hydrogen) atoms. The van der Waals surface area contributed by atoms with Gasteiger partial charge in [-0.3, -0.25) is 4.90 Å². The Morgan fingerprint density at radius 1 is 1.08 bits per heavy atom. The third-order valence-electron chi connectivity index (χ3n) is 4.89. The summed E-state index contributed by atoms with van der Waals surface area (Å²) in [4.78, 5) is 13.6. The molecule has 1 aliphatic heterocycles. The molecule has 1 atom stereocenters. The van der Waals surface area contributed by atoms with E-state index >= 15 is 0 Å². The Morgan fingerprint density at radius 2 is 1.81 bits per heavy atom. The third-order valence-corrected chi connectivity index (χ3v) is 4.89. The first-order valence-corrected chi connectivity index (χ1v) is 9.42. The molecule has 1 aromatic heterocycles. The van der Waals surface area contributed by atoms with Crippen LogP contribution >= 0.6 is 0 Å². The number of methoxy groups -OCH3 is 1. The quantitative estimate of drug-likeness (QED) is 0.762. The lowest BCUT2D eigenvalue weighted by Crippen LogP contribution is -2.33. The van der Waals surface area contributed by atoms with Crippen molar-refractivity contribution in [3.63, 3.8) is 0 Å². The van der Waals surface area contributed by atoms with Crippen LogP contribution in [-0.4, -0.2) is 47.5 Å². The van der Waals surface area contributed by atoms with Gasteiger partial charge in [-0.15, -0.1) is 0 Å². The lowest BCUT2D eigenvalue weighted by Gasteiger charge is -2.36. The van der Waals surface area contributed by atoms with Crippen molar-refractivity contribution in [1.29, 1.82) is 0 Å². The van der Waals surface area contributed by atoms with E-state index in [1.54, 1.807) is 7.11 Å². The summed E-state index contributed by atoms with van der Waals surface area (Å²) in [6.07, 6.45) is 7.65. The summed E-state index contributed by atoms with van der Waals surface area (Å²) in [5, 5.41) is 0. The van der Waals surface area contributed by atoms with Crippen LogP contribution in [0.4, 0.5) is 0 Å². The van der Waals surface area contributed by atoms with Gasteiger partial charge in [0.25, 0.3) is 0 Å². The Labute approximate surface area is 157 Å². The smallest absolute Gasteiger partial charge is 0.153 e. The summed E-state index contributed by atoms with van der Waals surface area (Å²) >= 11 is 0. The number of hydrogen-bond donors (Lipinski definition) is 0. The molecule has 2 aromatic rings. The molecule has 0 amide bonds. The minimum absolute atomic E-state index is 0.464. The molecule has 0 spiro atoms. The van der Waals surface area contributed by atoms with E-state index in [-0.39, 0.29) is 0 Å². The zero-order valence-electron chi connectivity index (χ0n) is 16.2. The summed E-state index contributed by atoms with van der Waals surface area (Å²) in [7, 11) is 5.88. The van der Waals surface area contributed by atoms with Crippen molar-refractivity contribution in [2.45, 2.75) is 45.0 Å². The minimum Gasteiger partial charge on any atom is -0.377 e. The van der Waals surface area contributed by atoms with Gasteiger partial charge in [-0.2, -0.15) is 0 Å². The van der Waals surface area contributed by atoms with Gasteiger partial charge in [0.15, 0.2) is 5.82 Å². The first-order valence-electron chi connectivity index (χ1n) is 9.42. The molecule has 0 aliphatic carbocycles. The molecule has 0 bridgehead atoms. The van der Waals surface area contributed by atoms with Gasteiger partial charge in [-0.25, -0.2) is 9.97 Å². The van der Waals surface area contributed by atoms with Crippen LogP contribution in [0, 0.1) is 0 Å². The fourth-order valence-corrected chi connectivity index (χ4v) is 3.67. The second-order valence-electron chi connectivity index (χ2n) is 7.40. The predicted octanol–water partition coefficient (Wildman–Crippen LogP) is 3.41. The molecule has 1 unspecified atom stereocenters. The first kappa shape index (κ1) is 19.0. The van der Waals surface area contributed by atoms with Gasteiger partial charge in [-0.05, 0) is 44.6 Å². The molecule has 1 aromatic carbocycles. The zero-order valence-corrected chi connectivity index (χ0v) is 16.2. The van der Waals surface area contributed by atoms with Crippen LogP contribution in [0.15, 0.2) is 36.7 Å². The van der Waals surface area contributed by atoms with E-state index in [0.29, 0.717) is 12.6 Å². The van der Waals surface area contributed by atoms with Crippen molar-refractivity contribution >= 4 is 0 Å². The Balaban J connectivity index is 1.69. The van der Waals surface area contributed by atoms with E-state index in [1.165, 1.54) is 36.0 Å². The van der Waals surface area contributed by atoms with Gasteiger partial charge in [0.2, 0.25) is 0 Å². The normalized spacial score (nSPS) is 18.4. The summed E-state index contributed by atoms with van der Waals surface area (Å²) in [5.41, 5.74) is 3.95. The van der Waals surface area contributed by atoms with Crippen LogP contribution in [0.5, 0.6) is 0 Å². The van der Waals surface area contributed by atoms with E-state index in [0.717, 1.165) is 25.5 Å². The molecule has 140 valence electrons. The van der Waals surface area contributed by atoms with Gasteiger partial charge in [-0.1, -0.05) is 30.7 Å². The van der Waals surface area contributed by atoms with E-state index in [2.05, 4.69) is 58.1 Å². The zero-order chi connectivity index (χ0) is 18.4. The lowest BCUT2D eigenvalue weighted by molar-refractivity contribution is 0.140. The Bertz CT molecular complexity index is 669. The van der Waals surface area contributed by atoms with Gasteiger partial charge in [0.1, 0.15) is 6.61 Å². The average molecular weight is 354 g/mol. The van der Waals surface area contributed by atoms with Crippen molar-refractivity contribution < 1.29 is 4.74 Å². The lowest BCUT2D eigenvalue weighted by atomic mass is 9.94. The van der Waals surface area contributed by atoms with Crippen LogP contribution in [0.3, 0.4) is 0 Å². The largest absolute Gasteiger partial charge is 0.377 e. The summed E-state index contributed by atoms with van der Waals surface area (Å²) in [5.74, 6) is 0.739. The molecule has 2 heterocycles. The van der Waals surface area contributed by atoms with Crippen molar-refractivity contribution in [3.05, 3.63) is 59.2 Å². The fraction of sp³-hybridized carbons (Fsp3) is 0.524. The third kappa shape index (κ3) is 5.10. The maximum atomic E-state index is 5.09. The summed E-state index contributed by atoms with van der Waals surface area (Å²) in [6, 6.07) is 9.63. The van der Waals surface area contributed by atoms with Gasteiger partial charge in [0, 0.05) is 44.2 Å². The van der Waals surface area contributed by atoms with Crippen molar-refractivity contribution in [2.24, 2.45) is 0 Å². The van der Waals surface area contributed by atoms with Crippen LogP contribution in [0.1, 0.15) is 47.8 Å². The van der Waals surface area contributed by atoms with Crippen LogP contribution in [0.2, 0.25) is 0 Å². The van der Waals surface area contributed by atoms with Crippen LogP contribution in [-0.2, 0) is 24.4 Å². The number of nitrogens with zero attached hydrogens (tertiary/aromatic N) is 4. The van der Waals surface area contributed by atoms with Crippen molar-refractivity contribution in [2.75, 3.05) is 27.7 Å². The van der Waals surface area contributed by atoms with Crippen molar-refractivity contribution in [3.8, 4) is 0 Å². The maximum absolute atomic E-state index is 5.09. The number of rotatable bonds is 7. The molecular formula is C21H30N4O. The molecule has 0 N–H and O–H groups in total. The highest BCUT2D eigenvalue weighted by atomic mass is 16.5. The summed E-state index contributed by atoms with van der Waals surface area (Å²) < 4.78 is 5.09. The number of hydrogen-bond acceptors (Lipinski definition) is 5. The number of ether oxygens (including phenoxy) is 1. The highest BCUT2D eigenvalue weighted by Crippen LogP contribution is 2.32. The minimum atomic E-state index is 0.464. The maximum Gasteiger partial charge on any atom is 0.153 e. The number of benzene rings is 1. The van der Waals surface area contributed by atoms with E-state index in [4.69, 9.17) is 4.74 Å². The van der Waals surface area contributed by atoms with E-state index in [9.17, 15) is 0 Å². The standard InChI is InChI=1S/C21H30N4O/c1-24(2)14-17-7-9-19(10-8-17)20-6-4-5-11-25(20)15-18-12-22-21(16-26-3)23-13-18/h7-10,12-13,20H,4-6,11,14-16H2,1-3H3. The molecule has 5 heteroatoms. The SMILES string of the molecule is COCc1ncc(CN2CCCCC2c2ccc(CN(C)C)cc2)cn1. The Morgan fingerprint density at radius 3 is 2.46 bits per heavy atom. The average Bonchev–Trinajstić information content (AvgIpc) is 2.64. The summed E-state index contributed by atoms with van der Waals surface area (Å²) in [6.45, 7) is 3.48. The predicted molar refractivity (Wildman–Crippen MR) is 104 cm³/mol. The molecule has 0 radical (unpaired) electrons. The monoisotopic (exact) mass is 354 g/mol. The Kier molecular flexibility index (Phi) is 6.72. The highest BCUT2D eigenvalue weighted by molar-refractivity contribution is 5.25. The molecule has 1 saturated heterocycles.